The van der Waals surface area contributed by atoms with Crippen molar-refractivity contribution in [2.24, 2.45) is 5.92 Å². The van der Waals surface area contributed by atoms with Crippen LogP contribution in [-0.2, 0) is 4.79 Å². The van der Waals surface area contributed by atoms with Gasteiger partial charge in [0, 0.05) is 5.69 Å². The summed E-state index contributed by atoms with van der Waals surface area (Å²) in [5.41, 5.74) is 0.368. The van der Waals surface area contributed by atoms with E-state index in [1.54, 1.807) is 13.0 Å². The Morgan fingerprint density at radius 2 is 2.22 bits per heavy atom. The first-order chi connectivity index (χ1) is 8.44. The molecule has 1 saturated carbocycles. The van der Waals surface area contributed by atoms with Crippen LogP contribution in [0, 0.1) is 18.7 Å². The lowest BCUT2D eigenvalue weighted by molar-refractivity contribution is -0.143. The lowest BCUT2D eigenvalue weighted by Gasteiger charge is -2.31. The van der Waals surface area contributed by atoms with E-state index in [2.05, 4.69) is 5.32 Å². The molecule has 4 heteroatoms. The second-order valence-electron chi connectivity index (χ2n) is 5.21. The summed E-state index contributed by atoms with van der Waals surface area (Å²) < 4.78 is 13.3. The van der Waals surface area contributed by atoms with Crippen LogP contribution in [0.5, 0.6) is 0 Å². The van der Waals surface area contributed by atoms with Crippen molar-refractivity contribution < 1.29 is 14.3 Å². The number of carbonyl (C=O) groups is 1. The first-order valence-electron chi connectivity index (χ1n) is 6.23. The lowest BCUT2D eigenvalue weighted by atomic mass is 9.88. The van der Waals surface area contributed by atoms with Crippen LogP contribution >= 0.6 is 0 Å². The molecule has 1 aliphatic rings. The molecule has 0 aromatic heterocycles. The maximum Gasteiger partial charge on any atom is 0.329 e. The minimum atomic E-state index is -0.958. The molecule has 0 saturated heterocycles. The molecule has 0 aliphatic heterocycles. The van der Waals surface area contributed by atoms with E-state index in [1.165, 1.54) is 12.1 Å². The zero-order chi connectivity index (χ0) is 13.3. The zero-order valence-electron chi connectivity index (χ0n) is 10.7. The van der Waals surface area contributed by atoms with Gasteiger partial charge in [0.15, 0.2) is 0 Å². The molecule has 2 N–H and O–H groups in total. The summed E-state index contributed by atoms with van der Waals surface area (Å²) in [6.45, 7) is 3.72. The van der Waals surface area contributed by atoms with Crippen LogP contribution in [0.25, 0.3) is 0 Å². The molecule has 1 aliphatic carbocycles. The minimum Gasteiger partial charge on any atom is -0.479 e. The fourth-order valence-corrected chi connectivity index (χ4v) is 2.80. The number of rotatable bonds is 3. The Hall–Kier alpha value is -1.58. The third kappa shape index (κ3) is 2.19. The zero-order valence-corrected chi connectivity index (χ0v) is 10.7. The highest BCUT2D eigenvalue weighted by atomic mass is 19.1. The predicted molar refractivity (Wildman–Crippen MR) is 68.1 cm³/mol. The molecule has 2 atom stereocenters. The fourth-order valence-electron chi connectivity index (χ4n) is 2.80. The van der Waals surface area contributed by atoms with Gasteiger partial charge in [-0.1, -0.05) is 13.3 Å². The summed E-state index contributed by atoms with van der Waals surface area (Å²) in [6, 6.07) is 4.55. The smallest absolute Gasteiger partial charge is 0.329 e. The number of carboxylic acid groups (broad SMARTS) is 1. The lowest BCUT2D eigenvalue weighted by Crippen LogP contribution is -2.48. The maximum atomic E-state index is 13.3. The fraction of sp³-hybridized carbons (Fsp3) is 0.500. The van der Waals surface area contributed by atoms with E-state index in [9.17, 15) is 14.3 Å². The van der Waals surface area contributed by atoms with E-state index in [4.69, 9.17) is 0 Å². The van der Waals surface area contributed by atoms with E-state index in [0.717, 1.165) is 18.4 Å². The van der Waals surface area contributed by atoms with Gasteiger partial charge in [0.05, 0.1) is 0 Å². The van der Waals surface area contributed by atoms with Crippen molar-refractivity contribution in [3.05, 3.63) is 29.6 Å². The Morgan fingerprint density at radius 1 is 1.50 bits per heavy atom. The van der Waals surface area contributed by atoms with Gasteiger partial charge in [-0.2, -0.15) is 0 Å². The number of aryl methyl sites for hydroxylation is 1. The number of halogens is 1. The second-order valence-corrected chi connectivity index (χ2v) is 5.21. The SMILES string of the molecule is Cc1cc(F)cc(NC2(C(=O)O)CCCC2C)c1. The summed E-state index contributed by atoms with van der Waals surface area (Å²) in [6.07, 6.45) is 2.35. The van der Waals surface area contributed by atoms with Gasteiger partial charge in [-0.05, 0) is 49.4 Å². The third-order valence-electron chi connectivity index (χ3n) is 3.84. The quantitative estimate of drug-likeness (QED) is 0.867. The first kappa shape index (κ1) is 12.9. The van der Waals surface area contributed by atoms with Crippen LogP contribution in [0.2, 0.25) is 0 Å². The minimum absolute atomic E-state index is 0.0403. The first-order valence-corrected chi connectivity index (χ1v) is 6.23. The predicted octanol–water partition coefficient (Wildman–Crippen LogP) is 3.19. The molecular formula is C14H18FNO2. The Morgan fingerprint density at radius 3 is 2.72 bits per heavy atom. The number of nitrogens with one attached hydrogen (secondary N) is 1. The van der Waals surface area contributed by atoms with Gasteiger partial charge in [0.25, 0.3) is 0 Å². The molecule has 0 amide bonds. The van der Waals surface area contributed by atoms with Crippen LogP contribution in [0.15, 0.2) is 18.2 Å². The van der Waals surface area contributed by atoms with Crippen molar-refractivity contribution >= 4 is 11.7 Å². The largest absolute Gasteiger partial charge is 0.479 e. The van der Waals surface area contributed by atoms with Gasteiger partial charge in [-0.25, -0.2) is 9.18 Å². The Kier molecular flexibility index (Phi) is 3.28. The van der Waals surface area contributed by atoms with Gasteiger partial charge < -0.3 is 10.4 Å². The number of aliphatic carboxylic acids is 1. The molecule has 1 aromatic carbocycles. The van der Waals surface area contributed by atoms with Crippen LogP contribution in [0.3, 0.4) is 0 Å². The molecule has 1 aromatic rings. The van der Waals surface area contributed by atoms with Crippen LogP contribution in [0.1, 0.15) is 31.7 Å². The highest BCUT2D eigenvalue weighted by Gasteiger charge is 2.47. The summed E-state index contributed by atoms with van der Waals surface area (Å²) in [5, 5.41) is 12.5. The van der Waals surface area contributed by atoms with Crippen LogP contribution < -0.4 is 5.32 Å². The van der Waals surface area contributed by atoms with Gasteiger partial charge in [-0.15, -0.1) is 0 Å². The molecule has 98 valence electrons. The monoisotopic (exact) mass is 251 g/mol. The molecule has 0 heterocycles. The number of hydrogen-bond acceptors (Lipinski definition) is 2. The Balaban J connectivity index is 2.32. The van der Waals surface area contributed by atoms with Gasteiger partial charge in [-0.3, -0.25) is 0 Å². The molecule has 3 nitrogen and oxygen atoms in total. The molecular weight excluding hydrogens is 233 g/mol. The summed E-state index contributed by atoms with van der Waals surface area (Å²) in [4.78, 5) is 11.6. The van der Waals surface area contributed by atoms with Crippen molar-refractivity contribution in [1.82, 2.24) is 0 Å². The average Bonchev–Trinajstić information content (AvgIpc) is 2.59. The Bertz CT molecular complexity index is 455. The van der Waals surface area contributed by atoms with Crippen molar-refractivity contribution in [2.45, 2.75) is 38.6 Å². The molecule has 0 radical (unpaired) electrons. The van der Waals surface area contributed by atoms with Gasteiger partial charge in [0.2, 0.25) is 0 Å². The Labute approximate surface area is 106 Å². The molecule has 2 rings (SSSR count). The maximum absolute atomic E-state index is 13.3. The average molecular weight is 251 g/mol. The van der Waals surface area contributed by atoms with Gasteiger partial charge >= 0.3 is 5.97 Å². The third-order valence-corrected chi connectivity index (χ3v) is 3.84. The number of anilines is 1. The van der Waals surface area contributed by atoms with Gasteiger partial charge in [0.1, 0.15) is 11.4 Å². The summed E-state index contributed by atoms with van der Waals surface area (Å²) >= 11 is 0. The molecule has 0 spiro atoms. The van der Waals surface area contributed by atoms with Crippen molar-refractivity contribution in [3.8, 4) is 0 Å². The molecule has 0 bridgehead atoms. The number of benzene rings is 1. The molecule has 1 fully saturated rings. The number of hydrogen-bond donors (Lipinski definition) is 2. The van der Waals surface area contributed by atoms with E-state index in [0.29, 0.717) is 12.1 Å². The van der Waals surface area contributed by atoms with E-state index >= 15 is 0 Å². The van der Waals surface area contributed by atoms with Crippen molar-refractivity contribution in [3.63, 3.8) is 0 Å². The number of carboxylic acids is 1. The highest BCUT2D eigenvalue weighted by molar-refractivity contribution is 5.83. The molecule has 2 unspecified atom stereocenters. The molecule has 18 heavy (non-hydrogen) atoms. The van der Waals surface area contributed by atoms with Crippen molar-refractivity contribution in [2.75, 3.05) is 5.32 Å². The van der Waals surface area contributed by atoms with Crippen LogP contribution in [-0.4, -0.2) is 16.6 Å². The van der Waals surface area contributed by atoms with E-state index < -0.39 is 11.5 Å². The van der Waals surface area contributed by atoms with Crippen LogP contribution in [0.4, 0.5) is 10.1 Å². The van der Waals surface area contributed by atoms with Crippen molar-refractivity contribution in [1.29, 1.82) is 0 Å². The van der Waals surface area contributed by atoms with E-state index in [1.807, 2.05) is 6.92 Å². The summed E-state index contributed by atoms with van der Waals surface area (Å²) in [7, 11) is 0. The topological polar surface area (TPSA) is 49.3 Å². The standard InChI is InChI=1S/C14H18FNO2/c1-9-6-11(15)8-12(7-9)16-14(13(17)18)5-3-4-10(14)2/h6-8,10,16H,3-5H2,1-2H3,(H,17,18). The van der Waals surface area contributed by atoms with E-state index in [-0.39, 0.29) is 11.7 Å². The second kappa shape index (κ2) is 4.59. The highest BCUT2D eigenvalue weighted by Crippen LogP contribution is 2.38. The normalized spacial score (nSPS) is 27.2. The summed E-state index contributed by atoms with van der Waals surface area (Å²) in [5.74, 6) is -1.16.